The molecule has 0 bridgehead atoms. The zero-order valence-corrected chi connectivity index (χ0v) is 45.1. The van der Waals surface area contributed by atoms with Crippen LogP contribution in [0, 0.1) is 0 Å². The lowest BCUT2D eigenvalue weighted by Crippen LogP contribution is -2.30. The molecule has 6 nitrogen and oxygen atoms in total. The maximum Gasteiger partial charge on any atom is 0.306 e. The molecule has 0 aliphatic carbocycles. The third kappa shape index (κ3) is 54.1. The van der Waals surface area contributed by atoms with E-state index in [9.17, 15) is 14.4 Å². The molecule has 0 amide bonds. The fourth-order valence-corrected chi connectivity index (χ4v) is 8.37. The largest absolute Gasteiger partial charge is 0.462 e. The molecule has 0 N–H and O–H groups in total. The van der Waals surface area contributed by atoms with Crippen molar-refractivity contribution < 1.29 is 28.6 Å². The van der Waals surface area contributed by atoms with Crippen LogP contribution in [0.3, 0.4) is 0 Å². The second-order valence-electron chi connectivity index (χ2n) is 19.5. The van der Waals surface area contributed by atoms with E-state index in [2.05, 4.69) is 81.5 Å². The van der Waals surface area contributed by atoms with E-state index in [-0.39, 0.29) is 31.1 Å². The fraction of sp³-hybridized carbons (Fsp3) is 0.790. The molecule has 394 valence electrons. The fourth-order valence-electron chi connectivity index (χ4n) is 8.37. The highest BCUT2D eigenvalue weighted by atomic mass is 16.6. The van der Waals surface area contributed by atoms with Crippen molar-refractivity contribution in [2.45, 2.75) is 303 Å². The van der Waals surface area contributed by atoms with Crippen LogP contribution in [-0.4, -0.2) is 37.2 Å². The molecule has 0 fully saturated rings. The van der Waals surface area contributed by atoms with Crippen LogP contribution in [0.5, 0.6) is 0 Å². The SMILES string of the molecule is CC/C=C\C/C=C\C/C=C\CCCCCCCCC(=O)OCC(COC(=O)CCCCCCCCC/C=C\C/C=C\CCCCC)OC(=O)CCCCCCCCCCCCCCCCCCC. The highest BCUT2D eigenvalue weighted by molar-refractivity contribution is 5.71. The lowest BCUT2D eigenvalue weighted by molar-refractivity contribution is -0.167. The molecule has 0 aliphatic heterocycles. The Morgan fingerprint density at radius 3 is 0.926 bits per heavy atom. The topological polar surface area (TPSA) is 78.9 Å². The van der Waals surface area contributed by atoms with Crippen LogP contribution in [0.2, 0.25) is 0 Å². The van der Waals surface area contributed by atoms with Gasteiger partial charge in [-0.05, 0) is 83.5 Å². The summed E-state index contributed by atoms with van der Waals surface area (Å²) in [4.78, 5) is 38.2. The number of allylic oxidation sites excluding steroid dienone is 10. The van der Waals surface area contributed by atoms with E-state index in [1.165, 1.54) is 161 Å². The average Bonchev–Trinajstić information content (AvgIpc) is 3.34. The summed E-state index contributed by atoms with van der Waals surface area (Å²) in [6.07, 6.45) is 70.6. The first-order chi connectivity index (χ1) is 33.5. The van der Waals surface area contributed by atoms with E-state index < -0.39 is 6.10 Å². The highest BCUT2D eigenvalue weighted by Crippen LogP contribution is 2.16. The van der Waals surface area contributed by atoms with Gasteiger partial charge in [-0.2, -0.15) is 0 Å². The van der Waals surface area contributed by atoms with Crippen LogP contribution in [-0.2, 0) is 28.6 Å². The van der Waals surface area contributed by atoms with Crippen LogP contribution in [0.4, 0.5) is 0 Å². The standard InChI is InChI=1S/C62H110O6/c1-4-7-10-13-16-19-22-25-28-31-34-37-40-43-46-49-52-55-61(64)67-58-59(57-66-60(63)54-51-48-45-42-39-36-33-30-27-24-21-18-15-12-9-6-3)68-62(65)56-53-50-47-44-41-38-35-32-29-26-23-20-17-14-11-8-5-2/h9,12,16,18-19,21,25,27-28,30,59H,4-8,10-11,13-15,17,20,22-24,26,29,31-58H2,1-3H3/b12-9-,19-16-,21-18-,28-25-,30-27-. The molecule has 0 saturated carbocycles. The number of hydrogen-bond acceptors (Lipinski definition) is 6. The van der Waals surface area contributed by atoms with Gasteiger partial charge < -0.3 is 14.2 Å². The molecule has 0 aromatic carbocycles. The molecule has 6 heteroatoms. The lowest BCUT2D eigenvalue weighted by Gasteiger charge is -2.18. The minimum Gasteiger partial charge on any atom is -0.462 e. The quantitative estimate of drug-likeness (QED) is 0.0262. The molecule has 1 atom stereocenters. The molecule has 0 aliphatic rings. The molecule has 0 spiro atoms. The lowest BCUT2D eigenvalue weighted by atomic mass is 10.0. The summed E-state index contributed by atoms with van der Waals surface area (Å²) >= 11 is 0. The van der Waals surface area contributed by atoms with Gasteiger partial charge in [0.2, 0.25) is 0 Å². The molecule has 0 radical (unpaired) electrons. The minimum absolute atomic E-state index is 0.0802. The van der Waals surface area contributed by atoms with Gasteiger partial charge in [-0.25, -0.2) is 0 Å². The highest BCUT2D eigenvalue weighted by Gasteiger charge is 2.19. The number of hydrogen-bond donors (Lipinski definition) is 0. The number of rotatable bonds is 53. The molecule has 0 rings (SSSR count). The number of ether oxygens (including phenoxy) is 3. The Morgan fingerprint density at radius 1 is 0.309 bits per heavy atom. The summed E-state index contributed by atoms with van der Waals surface area (Å²) in [5.41, 5.74) is 0. The number of carbonyl (C=O) groups excluding carboxylic acids is 3. The zero-order valence-electron chi connectivity index (χ0n) is 45.1. The molecule has 68 heavy (non-hydrogen) atoms. The number of unbranched alkanes of at least 4 members (excludes halogenated alkanes) is 32. The van der Waals surface area contributed by atoms with Gasteiger partial charge in [0.15, 0.2) is 6.10 Å². The van der Waals surface area contributed by atoms with E-state index >= 15 is 0 Å². The van der Waals surface area contributed by atoms with Crippen molar-refractivity contribution in [3.05, 3.63) is 60.8 Å². The molecule has 0 aromatic rings. The van der Waals surface area contributed by atoms with Crippen LogP contribution in [0.1, 0.15) is 297 Å². The van der Waals surface area contributed by atoms with Gasteiger partial charge >= 0.3 is 17.9 Å². The van der Waals surface area contributed by atoms with Crippen molar-refractivity contribution in [2.24, 2.45) is 0 Å². The van der Waals surface area contributed by atoms with Gasteiger partial charge in [-0.3, -0.25) is 14.4 Å². The Morgan fingerprint density at radius 2 is 0.574 bits per heavy atom. The third-order valence-corrected chi connectivity index (χ3v) is 12.8. The Balaban J connectivity index is 4.39. The molecular weight excluding hydrogens is 841 g/mol. The van der Waals surface area contributed by atoms with Crippen LogP contribution < -0.4 is 0 Å². The first-order valence-corrected chi connectivity index (χ1v) is 29.3. The second-order valence-corrected chi connectivity index (χ2v) is 19.5. The van der Waals surface area contributed by atoms with E-state index in [1.54, 1.807) is 0 Å². The van der Waals surface area contributed by atoms with E-state index in [0.717, 1.165) is 96.3 Å². The maximum absolute atomic E-state index is 12.9. The van der Waals surface area contributed by atoms with Gasteiger partial charge in [0.25, 0.3) is 0 Å². The Hall–Kier alpha value is -2.89. The van der Waals surface area contributed by atoms with Crippen molar-refractivity contribution in [1.82, 2.24) is 0 Å². The Labute approximate surface area is 421 Å². The van der Waals surface area contributed by atoms with Crippen LogP contribution in [0.25, 0.3) is 0 Å². The summed E-state index contributed by atoms with van der Waals surface area (Å²) in [5.74, 6) is -0.886. The van der Waals surface area contributed by atoms with Crippen LogP contribution >= 0.6 is 0 Å². The van der Waals surface area contributed by atoms with E-state index in [1.807, 2.05) is 0 Å². The van der Waals surface area contributed by atoms with Crippen molar-refractivity contribution in [3.63, 3.8) is 0 Å². The normalized spacial score (nSPS) is 12.5. The summed E-state index contributed by atoms with van der Waals surface area (Å²) in [5, 5.41) is 0. The smallest absolute Gasteiger partial charge is 0.306 e. The van der Waals surface area contributed by atoms with E-state index in [0.29, 0.717) is 19.3 Å². The number of carbonyl (C=O) groups is 3. The first kappa shape index (κ1) is 65.1. The van der Waals surface area contributed by atoms with Crippen LogP contribution in [0.15, 0.2) is 60.8 Å². The monoisotopic (exact) mass is 951 g/mol. The maximum atomic E-state index is 12.9. The van der Waals surface area contributed by atoms with Crippen molar-refractivity contribution >= 4 is 17.9 Å². The predicted molar refractivity (Wildman–Crippen MR) is 293 cm³/mol. The summed E-state index contributed by atoms with van der Waals surface area (Å²) in [6.45, 7) is 6.52. The number of esters is 3. The van der Waals surface area contributed by atoms with Gasteiger partial charge in [0.1, 0.15) is 13.2 Å². The first-order valence-electron chi connectivity index (χ1n) is 29.3. The summed E-state index contributed by atoms with van der Waals surface area (Å²) in [7, 11) is 0. The van der Waals surface area contributed by atoms with Gasteiger partial charge in [0.05, 0.1) is 0 Å². The van der Waals surface area contributed by atoms with Gasteiger partial charge in [-0.15, -0.1) is 0 Å². The minimum atomic E-state index is -0.781. The molecule has 1 unspecified atom stereocenters. The summed E-state index contributed by atoms with van der Waals surface area (Å²) < 4.78 is 16.9. The van der Waals surface area contributed by atoms with Crippen molar-refractivity contribution in [1.29, 1.82) is 0 Å². The Kier molecular flexibility index (Phi) is 54.3. The van der Waals surface area contributed by atoms with Gasteiger partial charge in [0, 0.05) is 19.3 Å². The summed E-state index contributed by atoms with van der Waals surface area (Å²) in [6, 6.07) is 0. The van der Waals surface area contributed by atoms with Crippen molar-refractivity contribution in [2.75, 3.05) is 13.2 Å². The Bertz CT molecular complexity index is 1230. The van der Waals surface area contributed by atoms with Crippen molar-refractivity contribution in [3.8, 4) is 0 Å². The van der Waals surface area contributed by atoms with Gasteiger partial charge in [-0.1, -0.05) is 255 Å². The predicted octanol–water partition coefficient (Wildman–Crippen LogP) is 19.6. The third-order valence-electron chi connectivity index (χ3n) is 12.8. The molecule has 0 heterocycles. The second kappa shape index (κ2) is 56.7. The zero-order chi connectivity index (χ0) is 49.3. The molecular formula is C62H110O6. The molecule has 0 aromatic heterocycles. The molecule has 0 saturated heterocycles. The average molecular weight is 952 g/mol. The van der Waals surface area contributed by atoms with E-state index in [4.69, 9.17) is 14.2 Å².